The van der Waals surface area contributed by atoms with E-state index in [0.29, 0.717) is 5.69 Å². The lowest BCUT2D eigenvalue weighted by Crippen LogP contribution is -2.03. The van der Waals surface area contributed by atoms with E-state index in [1.54, 1.807) is 6.07 Å². The van der Waals surface area contributed by atoms with E-state index in [1.807, 2.05) is 30.8 Å². The normalized spacial score (nSPS) is 10.3. The monoisotopic (exact) mass is 268 g/mol. The Morgan fingerprint density at radius 1 is 1.33 bits per heavy atom. The molecule has 0 aliphatic heterocycles. The van der Waals surface area contributed by atoms with Crippen molar-refractivity contribution in [2.24, 2.45) is 0 Å². The zero-order chi connectivity index (χ0) is 13.4. The minimum atomic E-state index is -0.332. The summed E-state index contributed by atoms with van der Waals surface area (Å²) in [5, 5.41) is 14.0. The van der Waals surface area contributed by atoms with Gasteiger partial charge in [-0.15, -0.1) is 0 Å². The third-order valence-corrected chi connectivity index (χ3v) is 3.67. The molecule has 1 rings (SSSR count). The largest absolute Gasteiger partial charge is 0.379 e. The first-order valence-electron chi connectivity index (χ1n) is 6.28. The van der Waals surface area contributed by atoms with Crippen LogP contribution in [0, 0.1) is 10.1 Å². The van der Waals surface area contributed by atoms with Crippen LogP contribution in [0.4, 0.5) is 11.4 Å². The fourth-order valence-corrected chi connectivity index (χ4v) is 2.42. The van der Waals surface area contributed by atoms with Crippen LogP contribution >= 0.6 is 11.8 Å². The van der Waals surface area contributed by atoms with Crippen molar-refractivity contribution >= 4 is 23.1 Å². The lowest BCUT2D eigenvalue weighted by atomic mass is 10.2. The molecule has 0 heterocycles. The van der Waals surface area contributed by atoms with Crippen molar-refractivity contribution in [1.29, 1.82) is 0 Å². The molecule has 0 saturated heterocycles. The maximum absolute atomic E-state index is 10.9. The number of thioether (sulfide) groups is 1. The van der Waals surface area contributed by atoms with E-state index >= 15 is 0 Å². The zero-order valence-electron chi connectivity index (χ0n) is 10.9. The van der Waals surface area contributed by atoms with Crippen molar-refractivity contribution < 1.29 is 4.92 Å². The summed E-state index contributed by atoms with van der Waals surface area (Å²) < 4.78 is 0. The van der Waals surface area contributed by atoms with Crippen LogP contribution in [0.15, 0.2) is 18.2 Å². The summed E-state index contributed by atoms with van der Waals surface area (Å²) in [5.74, 6) is 2.03. The Balaban J connectivity index is 2.80. The molecular formula is C13H20N2O2S. The van der Waals surface area contributed by atoms with E-state index in [2.05, 4.69) is 12.2 Å². The summed E-state index contributed by atoms with van der Waals surface area (Å²) in [6.45, 7) is 4.95. The molecule has 0 aliphatic carbocycles. The van der Waals surface area contributed by atoms with Gasteiger partial charge in [-0.05, 0) is 30.2 Å². The van der Waals surface area contributed by atoms with Crippen LogP contribution in [0.25, 0.3) is 0 Å². The second kappa shape index (κ2) is 7.97. The third-order valence-electron chi connectivity index (χ3n) is 2.44. The maximum Gasteiger partial charge on any atom is 0.292 e. The molecule has 0 unspecified atom stereocenters. The molecule has 1 N–H and O–H groups in total. The number of hydrogen-bond donors (Lipinski definition) is 1. The Hall–Kier alpha value is -1.23. The SMILES string of the molecule is CCCNc1cc(CSCCC)ccc1[N+](=O)[O-]. The quantitative estimate of drug-likeness (QED) is 0.439. The molecule has 0 fully saturated rings. The number of benzene rings is 1. The maximum atomic E-state index is 10.9. The molecule has 5 heteroatoms. The fraction of sp³-hybridized carbons (Fsp3) is 0.538. The number of nitrogens with zero attached hydrogens (tertiary/aromatic N) is 1. The molecule has 0 spiro atoms. The van der Waals surface area contributed by atoms with Crippen molar-refractivity contribution in [3.05, 3.63) is 33.9 Å². The Morgan fingerprint density at radius 2 is 2.11 bits per heavy atom. The summed E-state index contributed by atoms with van der Waals surface area (Å²) in [4.78, 5) is 10.6. The number of anilines is 1. The van der Waals surface area contributed by atoms with Crippen LogP contribution in [-0.4, -0.2) is 17.2 Å². The molecule has 18 heavy (non-hydrogen) atoms. The van der Waals surface area contributed by atoms with Gasteiger partial charge in [-0.2, -0.15) is 11.8 Å². The molecule has 0 aromatic heterocycles. The highest BCUT2D eigenvalue weighted by Crippen LogP contribution is 2.27. The molecule has 1 aromatic rings. The van der Waals surface area contributed by atoms with Crippen molar-refractivity contribution in [3.63, 3.8) is 0 Å². The molecule has 0 aliphatic rings. The van der Waals surface area contributed by atoms with Gasteiger partial charge in [-0.25, -0.2) is 0 Å². The highest BCUT2D eigenvalue weighted by atomic mass is 32.2. The van der Waals surface area contributed by atoms with Gasteiger partial charge in [0.1, 0.15) is 5.69 Å². The number of rotatable bonds is 8. The standard InChI is InChI=1S/C13H20N2O2S/c1-3-7-14-12-9-11(10-18-8-4-2)5-6-13(12)15(16)17/h5-6,9,14H,3-4,7-8,10H2,1-2H3. The van der Waals surface area contributed by atoms with Crippen molar-refractivity contribution in [2.75, 3.05) is 17.6 Å². The summed E-state index contributed by atoms with van der Waals surface area (Å²) >= 11 is 1.86. The Labute approximate surface area is 112 Å². The van der Waals surface area contributed by atoms with Gasteiger partial charge in [0.15, 0.2) is 0 Å². The lowest BCUT2D eigenvalue weighted by molar-refractivity contribution is -0.384. The third kappa shape index (κ3) is 4.56. The smallest absolute Gasteiger partial charge is 0.292 e. The van der Waals surface area contributed by atoms with Crippen LogP contribution < -0.4 is 5.32 Å². The average Bonchev–Trinajstić information content (AvgIpc) is 2.36. The highest BCUT2D eigenvalue weighted by molar-refractivity contribution is 7.98. The van der Waals surface area contributed by atoms with Gasteiger partial charge in [0.25, 0.3) is 5.69 Å². The molecule has 4 nitrogen and oxygen atoms in total. The van der Waals surface area contributed by atoms with Gasteiger partial charge in [-0.1, -0.05) is 19.9 Å². The van der Waals surface area contributed by atoms with Gasteiger partial charge in [0.2, 0.25) is 0 Å². The Kier molecular flexibility index (Phi) is 6.57. The zero-order valence-corrected chi connectivity index (χ0v) is 11.8. The second-order valence-electron chi connectivity index (χ2n) is 4.09. The molecule has 0 atom stereocenters. The summed E-state index contributed by atoms with van der Waals surface area (Å²) in [7, 11) is 0. The number of nitrogens with one attached hydrogen (secondary N) is 1. The van der Waals surface area contributed by atoms with Gasteiger partial charge in [-0.3, -0.25) is 10.1 Å². The predicted molar refractivity (Wildman–Crippen MR) is 78.3 cm³/mol. The molecular weight excluding hydrogens is 248 g/mol. The first-order valence-corrected chi connectivity index (χ1v) is 7.43. The first-order chi connectivity index (χ1) is 8.69. The van der Waals surface area contributed by atoms with Gasteiger partial charge in [0.05, 0.1) is 4.92 Å². The fourth-order valence-electron chi connectivity index (χ4n) is 1.57. The van der Waals surface area contributed by atoms with Crippen LogP contribution in [0.5, 0.6) is 0 Å². The minimum Gasteiger partial charge on any atom is -0.379 e. The number of nitro benzene ring substituents is 1. The van der Waals surface area contributed by atoms with Crippen LogP contribution in [0.2, 0.25) is 0 Å². The molecule has 1 aromatic carbocycles. The minimum absolute atomic E-state index is 0.160. The van der Waals surface area contributed by atoms with Gasteiger partial charge in [0, 0.05) is 18.4 Å². The number of nitro groups is 1. The lowest BCUT2D eigenvalue weighted by Gasteiger charge is -2.08. The molecule has 100 valence electrons. The van der Waals surface area contributed by atoms with Crippen LogP contribution in [-0.2, 0) is 5.75 Å². The second-order valence-corrected chi connectivity index (χ2v) is 5.19. The van der Waals surface area contributed by atoms with E-state index in [9.17, 15) is 10.1 Å². The molecule has 0 saturated carbocycles. The summed E-state index contributed by atoms with van der Waals surface area (Å²) in [6, 6.07) is 5.34. The first kappa shape index (κ1) is 14.8. The van der Waals surface area contributed by atoms with Gasteiger partial charge >= 0.3 is 0 Å². The van der Waals surface area contributed by atoms with Gasteiger partial charge < -0.3 is 5.32 Å². The number of hydrogen-bond acceptors (Lipinski definition) is 4. The van der Waals surface area contributed by atoms with Crippen LogP contribution in [0.3, 0.4) is 0 Å². The molecule has 0 amide bonds. The summed E-state index contributed by atoms with van der Waals surface area (Å²) in [6.07, 6.45) is 2.10. The van der Waals surface area contributed by atoms with Crippen LogP contribution in [0.1, 0.15) is 32.3 Å². The average molecular weight is 268 g/mol. The highest BCUT2D eigenvalue weighted by Gasteiger charge is 2.13. The van der Waals surface area contributed by atoms with E-state index in [0.717, 1.165) is 36.5 Å². The molecule has 0 radical (unpaired) electrons. The Bertz CT molecular complexity index is 397. The van der Waals surface area contributed by atoms with Crippen molar-refractivity contribution in [1.82, 2.24) is 0 Å². The van der Waals surface area contributed by atoms with Crippen molar-refractivity contribution in [3.8, 4) is 0 Å². The van der Waals surface area contributed by atoms with E-state index in [4.69, 9.17) is 0 Å². The van der Waals surface area contributed by atoms with E-state index in [-0.39, 0.29) is 10.6 Å². The molecule has 0 bridgehead atoms. The van der Waals surface area contributed by atoms with E-state index in [1.165, 1.54) is 0 Å². The van der Waals surface area contributed by atoms with E-state index < -0.39 is 0 Å². The topological polar surface area (TPSA) is 55.2 Å². The van der Waals surface area contributed by atoms with Crippen molar-refractivity contribution in [2.45, 2.75) is 32.4 Å². The summed E-state index contributed by atoms with van der Waals surface area (Å²) in [5.41, 5.74) is 1.93. The predicted octanol–water partition coefficient (Wildman–Crippen LogP) is 4.06. The Morgan fingerprint density at radius 3 is 2.72 bits per heavy atom.